The van der Waals surface area contributed by atoms with Crippen molar-refractivity contribution in [3.63, 3.8) is 0 Å². The maximum atomic E-state index is 12.3. The highest BCUT2D eigenvalue weighted by Crippen LogP contribution is 2.30. The zero-order valence-corrected chi connectivity index (χ0v) is 17.1. The monoisotopic (exact) mass is 432 g/mol. The number of furan rings is 1. The van der Waals surface area contributed by atoms with Crippen LogP contribution in [0.1, 0.15) is 24.4 Å². The number of hydrogen-bond donors (Lipinski definition) is 2. The van der Waals surface area contributed by atoms with Gasteiger partial charge in [-0.05, 0) is 24.6 Å². The molecular formula is C24H20N2O6. The molecule has 0 saturated heterocycles. The van der Waals surface area contributed by atoms with E-state index in [1.165, 1.54) is 6.39 Å². The largest absolute Gasteiger partial charge is 0.481 e. The van der Waals surface area contributed by atoms with E-state index in [1.807, 2.05) is 42.5 Å². The molecule has 32 heavy (non-hydrogen) atoms. The van der Waals surface area contributed by atoms with Crippen LogP contribution >= 0.6 is 0 Å². The molecular weight excluding hydrogens is 412 g/mol. The summed E-state index contributed by atoms with van der Waals surface area (Å²) in [6.07, 6.45) is -0.0198. The summed E-state index contributed by atoms with van der Waals surface area (Å²) in [5.74, 6) is 0.154. The number of nitrogens with one attached hydrogen (secondary N) is 1. The summed E-state index contributed by atoms with van der Waals surface area (Å²) in [5.41, 5.74) is 2.82. The Morgan fingerprint density at radius 3 is 2.47 bits per heavy atom. The molecule has 2 N–H and O–H groups in total. The van der Waals surface area contributed by atoms with Crippen LogP contribution in [0.3, 0.4) is 0 Å². The number of oxazole rings is 1. The molecule has 0 bridgehead atoms. The molecule has 1 amide bonds. The van der Waals surface area contributed by atoms with Crippen molar-refractivity contribution in [1.29, 1.82) is 0 Å². The van der Waals surface area contributed by atoms with E-state index in [0.717, 1.165) is 11.1 Å². The first-order valence-corrected chi connectivity index (χ1v) is 9.87. The molecule has 1 unspecified atom stereocenters. The van der Waals surface area contributed by atoms with Crippen LogP contribution in [-0.2, 0) is 16.0 Å². The molecule has 0 saturated carbocycles. The number of benzene rings is 2. The Kier molecular flexibility index (Phi) is 6.03. The minimum Gasteiger partial charge on any atom is -0.481 e. The highest BCUT2D eigenvalue weighted by atomic mass is 16.6. The molecule has 2 heterocycles. The number of carboxylic acid groups (broad SMARTS) is 1. The molecule has 8 heteroatoms. The number of carbonyl (C=O) groups is 2. The van der Waals surface area contributed by atoms with Crippen molar-refractivity contribution in [1.82, 2.24) is 4.98 Å². The SMILES string of the molecule is CC(OC(=O)Nc1ocnc1-c1ccc(-c2ccc(CC(=O)O)o2)cc1)c1ccccc1. The van der Waals surface area contributed by atoms with Gasteiger partial charge in [-0.1, -0.05) is 54.6 Å². The Labute approximate surface area is 183 Å². The van der Waals surface area contributed by atoms with Crippen LogP contribution in [0.5, 0.6) is 0 Å². The van der Waals surface area contributed by atoms with Gasteiger partial charge in [-0.3, -0.25) is 10.1 Å². The zero-order valence-electron chi connectivity index (χ0n) is 17.1. The number of carboxylic acids is 1. The number of aromatic nitrogens is 1. The zero-order chi connectivity index (χ0) is 22.5. The lowest BCUT2D eigenvalue weighted by atomic mass is 10.1. The maximum Gasteiger partial charge on any atom is 0.414 e. The van der Waals surface area contributed by atoms with Crippen LogP contribution in [0.4, 0.5) is 10.7 Å². The third kappa shape index (κ3) is 4.86. The van der Waals surface area contributed by atoms with Gasteiger partial charge in [0.1, 0.15) is 29.7 Å². The van der Waals surface area contributed by atoms with Gasteiger partial charge in [-0.2, -0.15) is 0 Å². The van der Waals surface area contributed by atoms with Crippen LogP contribution < -0.4 is 5.32 Å². The van der Waals surface area contributed by atoms with Gasteiger partial charge in [0.2, 0.25) is 5.88 Å². The Morgan fingerprint density at radius 1 is 1.03 bits per heavy atom. The molecule has 162 valence electrons. The highest BCUT2D eigenvalue weighted by Gasteiger charge is 2.17. The minimum atomic E-state index is -0.955. The molecule has 4 aromatic rings. The first kappa shape index (κ1) is 20.9. The van der Waals surface area contributed by atoms with Crippen molar-refractivity contribution >= 4 is 17.9 Å². The van der Waals surface area contributed by atoms with Crippen LogP contribution in [0.2, 0.25) is 0 Å². The number of ether oxygens (including phenoxy) is 1. The molecule has 2 aromatic carbocycles. The predicted molar refractivity (Wildman–Crippen MR) is 116 cm³/mol. The van der Waals surface area contributed by atoms with Crippen LogP contribution in [0.25, 0.3) is 22.6 Å². The summed E-state index contributed by atoms with van der Waals surface area (Å²) in [6.45, 7) is 1.78. The van der Waals surface area contributed by atoms with E-state index in [9.17, 15) is 9.59 Å². The smallest absolute Gasteiger partial charge is 0.414 e. The summed E-state index contributed by atoms with van der Waals surface area (Å²) < 4.78 is 16.3. The van der Waals surface area contributed by atoms with Crippen molar-refractivity contribution in [2.75, 3.05) is 5.32 Å². The molecule has 0 aliphatic carbocycles. The minimum absolute atomic E-state index is 0.171. The van der Waals surface area contributed by atoms with Gasteiger partial charge in [0.05, 0.1) is 0 Å². The molecule has 0 aliphatic heterocycles. The highest BCUT2D eigenvalue weighted by molar-refractivity contribution is 5.88. The quantitative estimate of drug-likeness (QED) is 0.394. The van der Waals surface area contributed by atoms with Crippen molar-refractivity contribution in [2.45, 2.75) is 19.4 Å². The van der Waals surface area contributed by atoms with E-state index >= 15 is 0 Å². The maximum absolute atomic E-state index is 12.3. The van der Waals surface area contributed by atoms with Gasteiger partial charge in [-0.25, -0.2) is 9.78 Å². The number of rotatable bonds is 7. The topological polar surface area (TPSA) is 115 Å². The van der Waals surface area contributed by atoms with Gasteiger partial charge in [0, 0.05) is 11.1 Å². The van der Waals surface area contributed by atoms with E-state index in [0.29, 0.717) is 22.8 Å². The van der Waals surface area contributed by atoms with Crippen molar-refractivity contribution < 1.29 is 28.3 Å². The number of carbonyl (C=O) groups excluding carboxylic acids is 1. The molecule has 0 spiro atoms. The molecule has 8 nitrogen and oxygen atoms in total. The fraction of sp³-hybridized carbons (Fsp3) is 0.125. The standard InChI is InChI=1S/C24H20N2O6/c1-15(16-5-3-2-4-6-16)31-24(29)26-23-22(25-14-30-23)18-9-7-17(8-10-18)20-12-11-19(32-20)13-21(27)28/h2-12,14-15H,13H2,1H3,(H,26,29)(H,27,28). The molecule has 2 aromatic heterocycles. The Balaban J connectivity index is 1.44. The van der Waals surface area contributed by atoms with Gasteiger partial charge in [-0.15, -0.1) is 0 Å². The molecule has 1 atom stereocenters. The Bertz CT molecular complexity index is 1210. The number of nitrogens with zero attached hydrogens (tertiary/aromatic N) is 1. The van der Waals surface area contributed by atoms with E-state index in [4.69, 9.17) is 18.7 Å². The van der Waals surface area contributed by atoms with Crippen molar-refractivity contribution in [3.8, 4) is 22.6 Å². The second kappa shape index (κ2) is 9.22. The van der Waals surface area contributed by atoms with E-state index in [1.54, 1.807) is 31.2 Å². The van der Waals surface area contributed by atoms with E-state index in [-0.39, 0.29) is 12.3 Å². The van der Waals surface area contributed by atoms with Gasteiger partial charge < -0.3 is 18.7 Å². The predicted octanol–water partition coefficient (Wildman–Crippen LogP) is 5.54. The number of hydrogen-bond acceptors (Lipinski definition) is 6. The summed E-state index contributed by atoms with van der Waals surface area (Å²) >= 11 is 0. The number of aliphatic carboxylic acids is 1. The summed E-state index contributed by atoms with van der Waals surface area (Å²) in [5, 5.41) is 11.5. The molecule has 0 aliphatic rings. The average Bonchev–Trinajstić information content (AvgIpc) is 3.43. The molecule has 4 rings (SSSR count). The summed E-state index contributed by atoms with van der Waals surface area (Å²) in [4.78, 5) is 27.3. The van der Waals surface area contributed by atoms with Crippen LogP contribution in [-0.4, -0.2) is 22.2 Å². The van der Waals surface area contributed by atoms with Crippen LogP contribution in [0, 0.1) is 0 Å². The van der Waals surface area contributed by atoms with Crippen molar-refractivity contribution in [2.24, 2.45) is 0 Å². The Morgan fingerprint density at radius 2 is 1.75 bits per heavy atom. The third-order valence-electron chi connectivity index (χ3n) is 4.77. The summed E-state index contributed by atoms with van der Waals surface area (Å²) in [7, 11) is 0. The third-order valence-corrected chi connectivity index (χ3v) is 4.77. The normalized spacial score (nSPS) is 11.7. The van der Waals surface area contributed by atoms with Crippen molar-refractivity contribution in [3.05, 3.63) is 84.4 Å². The Hall–Kier alpha value is -4.33. The first-order valence-electron chi connectivity index (χ1n) is 9.87. The summed E-state index contributed by atoms with van der Waals surface area (Å²) in [6, 6.07) is 20.0. The fourth-order valence-corrected chi connectivity index (χ4v) is 3.18. The first-order chi connectivity index (χ1) is 15.5. The second-order valence-corrected chi connectivity index (χ2v) is 7.03. The number of amides is 1. The second-order valence-electron chi connectivity index (χ2n) is 7.03. The number of anilines is 1. The van der Waals surface area contributed by atoms with Gasteiger partial charge >= 0.3 is 12.1 Å². The fourth-order valence-electron chi connectivity index (χ4n) is 3.18. The van der Waals surface area contributed by atoms with E-state index in [2.05, 4.69) is 10.3 Å². The van der Waals surface area contributed by atoms with Crippen LogP contribution in [0.15, 0.2) is 82.0 Å². The average molecular weight is 432 g/mol. The lowest BCUT2D eigenvalue weighted by Gasteiger charge is -2.13. The van der Waals surface area contributed by atoms with E-state index < -0.39 is 18.2 Å². The van der Waals surface area contributed by atoms with Gasteiger partial charge in [0.25, 0.3) is 0 Å². The molecule has 0 radical (unpaired) electrons. The lowest BCUT2D eigenvalue weighted by molar-refractivity contribution is -0.136. The lowest BCUT2D eigenvalue weighted by Crippen LogP contribution is -2.16. The van der Waals surface area contributed by atoms with Gasteiger partial charge in [0.15, 0.2) is 6.39 Å². The molecule has 0 fully saturated rings.